The third kappa shape index (κ3) is 4.89. The van der Waals surface area contributed by atoms with Gasteiger partial charge in [0, 0.05) is 0 Å². The molecule has 0 saturated heterocycles. The number of carbonyl (C=O) groups excluding carboxylic acids is 1. The molecule has 0 aromatic heterocycles. The first-order chi connectivity index (χ1) is 7.78. The predicted octanol–water partition coefficient (Wildman–Crippen LogP) is 3.94. The third-order valence-electron chi connectivity index (χ3n) is 2.02. The maximum atomic E-state index is 11.4. The fourth-order valence-corrected chi connectivity index (χ4v) is 1.25. The Bertz CT molecular complexity index is 389. The maximum Gasteiger partial charge on any atom is 0.514 e. The van der Waals surface area contributed by atoms with Crippen molar-refractivity contribution < 1.29 is 14.3 Å². The van der Waals surface area contributed by atoms with Crippen molar-refractivity contribution in [2.75, 3.05) is 0 Å². The Morgan fingerprint density at radius 1 is 1.35 bits per heavy atom. The van der Waals surface area contributed by atoms with Gasteiger partial charge < -0.3 is 9.47 Å². The lowest BCUT2D eigenvalue weighted by Gasteiger charge is -2.18. The van der Waals surface area contributed by atoms with Crippen molar-refractivity contribution in [2.24, 2.45) is 0 Å². The summed E-state index contributed by atoms with van der Waals surface area (Å²) in [5, 5.41) is 0. The van der Waals surface area contributed by atoms with Crippen LogP contribution in [0.1, 0.15) is 39.2 Å². The molecule has 1 aromatic rings. The summed E-state index contributed by atoms with van der Waals surface area (Å²) in [4.78, 5) is 11.4. The molecule has 1 aromatic carbocycles. The molecule has 0 aliphatic carbocycles. The number of ether oxygens (including phenoxy) is 2. The van der Waals surface area contributed by atoms with Crippen LogP contribution in [-0.4, -0.2) is 11.8 Å². The van der Waals surface area contributed by atoms with E-state index in [0.29, 0.717) is 5.75 Å². The van der Waals surface area contributed by atoms with Crippen LogP contribution in [0.5, 0.6) is 5.75 Å². The van der Waals surface area contributed by atoms with E-state index in [1.807, 2.05) is 19.1 Å². The number of hydrogen-bond donors (Lipinski definition) is 0. The Morgan fingerprint density at radius 3 is 2.53 bits per heavy atom. The summed E-state index contributed by atoms with van der Waals surface area (Å²) in [5.74, 6) is 0.629. The molecule has 0 spiro atoms. The zero-order valence-corrected chi connectivity index (χ0v) is 10.8. The van der Waals surface area contributed by atoms with E-state index in [-0.39, 0.29) is 5.92 Å². The van der Waals surface area contributed by atoms with Crippen molar-refractivity contribution in [1.29, 1.82) is 0 Å². The Morgan fingerprint density at radius 2 is 2.00 bits per heavy atom. The van der Waals surface area contributed by atoms with E-state index < -0.39 is 11.8 Å². The molecule has 0 aliphatic heterocycles. The van der Waals surface area contributed by atoms with E-state index in [1.54, 1.807) is 32.9 Å². The first kappa shape index (κ1) is 13.6. The molecule has 0 aliphatic rings. The molecule has 0 bridgehead atoms. The SMILES string of the molecule is [CH2]C(C)c1cccc(OC(=O)OC(C)(C)C)c1. The van der Waals surface area contributed by atoms with Gasteiger partial charge in [0.1, 0.15) is 11.4 Å². The van der Waals surface area contributed by atoms with Crippen molar-refractivity contribution in [3.63, 3.8) is 0 Å². The highest BCUT2D eigenvalue weighted by Gasteiger charge is 2.18. The van der Waals surface area contributed by atoms with Crippen molar-refractivity contribution in [3.8, 4) is 5.75 Å². The zero-order chi connectivity index (χ0) is 13.1. The second-order valence-electron chi connectivity index (χ2n) is 5.04. The van der Waals surface area contributed by atoms with Gasteiger partial charge in [-0.2, -0.15) is 0 Å². The number of rotatable bonds is 2. The van der Waals surface area contributed by atoms with Gasteiger partial charge in [-0.25, -0.2) is 4.79 Å². The molecule has 1 radical (unpaired) electrons. The standard InChI is InChI=1S/C14H19O3/c1-10(2)11-7-6-8-12(9-11)16-13(15)17-14(3,4)5/h6-10H,1H2,2-5H3. The molecule has 0 amide bonds. The minimum atomic E-state index is -0.689. The molecule has 0 heterocycles. The molecule has 1 rings (SSSR count). The number of hydrogen-bond acceptors (Lipinski definition) is 3. The predicted molar refractivity (Wildman–Crippen MR) is 67.1 cm³/mol. The van der Waals surface area contributed by atoms with Crippen LogP contribution in [0.25, 0.3) is 0 Å². The van der Waals surface area contributed by atoms with Crippen LogP contribution in [0, 0.1) is 6.92 Å². The Labute approximate surface area is 103 Å². The molecule has 1 unspecified atom stereocenters. The molecule has 3 heteroatoms. The molecule has 1 atom stereocenters. The number of carbonyl (C=O) groups is 1. The van der Waals surface area contributed by atoms with Crippen molar-refractivity contribution in [3.05, 3.63) is 36.8 Å². The molecule has 17 heavy (non-hydrogen) atoms. The van der Waals surface area contributed by atoms with E-state index in [9.17, 15) is 4.79 Å². The van der Waals surface area contributed by atoms with Gasteiger partial charge in [-0.3, -0.25) is 0 Å². The molecule has 0 N–H and O–H groups in total. The Kier molecular flexibility index (Phi) is 4.16. The molecular weight excluding hydrogens is 216 g/mol. The van der Waals surface area contributed by atoms with Gasteiger partial charge in [-0.1, -0.05) is 19.1 Å². The summed E-state index contributed by atoms with van der Waals surface area (Å²) in [6.45, 7) is 11.3. The second kappa shape index (κ2) is 5.21. The highest BCUT2D eigenvalue weighted by molar-refractivity contribution is 5.64. The first-order valence-corrected chi connectivity index (χ1v) is 5.62. The van der Waals surface area contributed by atoms with E-state index in [4.69, 9.17) is 9.47 Å². The highest BCUT2D eigenvalue weighted by Crippen LogP contribution is 2.20. The Balaban J connectivity index is 2.69. The van der Waals surface area contributed by atoms with E-state index in [2.05, 4.69) is 6.92 Å². The summed E-state index contributed by atoms with van der Waals surface area (Å²) in [6, 6.07) is 7.29. The largest absolute Gasteiger partial charge is 0.514 e. The van der Waals surface area contributed by atoms with Gasteiger partial charge in [-0.15, -0.1) is 0 Å². The van der Waals surface area contributed by atoms with E-state index >= 15 is 0 Å². The molecule has 3 nitrogen and oxygen atoms in total. The van der Waals surface area contributed by atoms with Gasteiger partial charge in [0.25, 0.3) is 0 Å². The second-order valence-corrected chi connectivity index (χ2v) is 5.04. The first-order valence-electron chi connectivity index (χ1n) is 5.62. The topological polar surface area (TPSA) is 35.5 Å². The third-order valence-corrected chi connectivity index (χ3v) is 2.02. The van der Waals surface area contributed by atoms with Crippen LogP contribution in [0.15, 0.2) is 24.3 Å². The van der Waals surface area contributed by atoms with Crippen LogP contribution in [0.4, 0.5) is 4.79 Å². The zero-order valence-electron chi connectivity index (χ0n) is 10.8. The summed E-state index contributed by atoms with van der Waals surface area (Å²) < 4.78 is 10.2. The average molecular weight is 235 g/mol. The molecule has 0 saturated carbocycles. The fourth-order valence-electron chi connectivity index (χ4n) is 1.25. The summed E-state index contributed by atoms with van der Waals surface area (Å²) in [6.07, 6.45) is -0.689. The highest BCUT2D eigenvalue weighted by atomic mass is 16.7. The van der Waals surface area contributed by atoms with Crippen molar-refractivity contribution in [2.45, 2.75) is 39.2 Å². The fraction of sp³-hybridized carbons (Fsp3) is 0.429. The molecular formula is C14H19O3. The number of benzene rings is 1. The maximum absolute atomic E-state index is 11.4. The monoisotopic (exact) mass is 235 g/mol. The van der Waals surface area contributed by atoms with Gasteiger partial charge >= 0.3 is 6.16 Å². The lowest BCUT2D eigenvalue weighted by molar-refractivity contribution is 0.0206. The van der Waals surface area contributed by atoms with Crippen LogP contribution in [0.3, 0.4) is 0 Å². The quantitative estimate of drug-likeness (QED) is 0.575. The summed E-state index contributed by atoms with van der Waals surface area (Å²) in [7, 11) is 0. The lowest BCUT2D eigenvalue weighted by atomic mass is 10.0. The molecule has 0 fully saturated rings. The minimum absolute atomic E-state index is 0.150. The molecule has 93 valence electrons. The van der Waals surface area contributed by atoms with Crippen LogP contribution >= 0.6 is 0 Å². The lowest BCUT2D eigenvalue weighted by Crippen LogP contribution is -2.26. The summed E-state index contributed by atoms with van der Waals surface area (Å²) >= 11 is 0. The van der Waals surface area contributed by atoms with E-state index in [1.165, 1.54) is 0 Å². The van der Waals surface area contributed by atoms with Gasteiger partial charge in [0.2, 0.25) is 0 Å². The van der Waals surface area contributed by atoms with Gasteiger partial charge in [0.05, 0.1) is 0 Å². The Hall–Kier alpha value is -1.51. The summed E-state index contributed by atoms with van der Waals surface area (Å²) in [5.41, 5.74) is 0.472. The van der Waals surface area contributed by atoms with Crippen molar-refractivity contribution >= 4 is 6.16 Å². The van der Waals surface area contributed by atoms with Crippen LogP contribution in [0.2, 0.25) is 0 Å². The van der Waals surface area contributed by atoms with E-state index in [0.717, 1.165) is 5.56 Å². The van der Waals surface area contributed by atoms with Crippen LogP contribution in [-0.2, 0) is 4.74 Å². The minimum Gasteiger partial charge on any atom is -0.428 e. The smallest absolute Gasteiger partial charge is 0.428 e. The average Bonchev–Trinajstić information content (AvgIpc) is 2.14. The van der Waals surface area contributed by atoms with Gasteiger partial charge in [-0.05, 0) is 51.3 Å². The normalized spacial score (nSPS) is 11.4. The van der Waals surface area contributed by atoms with Crippen LogP contribution < -0.4 is 4.74 Å². The van der Waals surface area contributed by atoms with Gasteiger partial charge in [0.15, 0.2) is 0 Å². The van der Waals surface area contributed by atoms with Crippen molar-refractivity contribution in [1.82, 2.24) is 0 Å².